The van der Waals surface area contributed by atoms with Gasteiger partial charge in [0.2, 0.25) is 0 Å². The Bertz CT molecular complexity index is 1270. The number of ether oxygens (including phenoxy) is 3. The van der Waals surface area contributed by atoms with Crippen LogP contribution >= 0.6 is 23.1 Å². The predicted octanol–water partition coefficient (Wildman–Crippen LogP) is 6.92. The topological polar surface area (TPSA) is 103 Å². The number of nitrogens with zero attached hydrogens (tertiary/aromatic N) is 3. The van der Waals surface area contributed by atoms with Crippen molar-refractivity contribution in [3.63, 3.8) is 0 Å². The molecule has 1 amide bonds. The summed E-state index contributed by atoms with van der Waals surface area (Å²) in [6.07, 6.45) is 4.54. The Kier molecular flexibility index (Phi) is 10.3. The molecule has 40 heavy (non-hydrogen) atoms. The lowest BCUT2D eigenvalue weighted by molar-refractivity contribution is -0.140. The predicted molar refractivity (Wildman–Crippen MR) is 158 cm³/mol. The van der Waals surface area contributed by atoms with Gasteiger partial charge in [-0.05, 0) is 64.2 Å². The molecule has 1 saturated heterocycles. The van der Waals surface area contributed by atoms with Gasteiger partial charge in [0.25, 0.3) is 0 Å². The standard InChI is InChI=1S/C29H36N4O5S2/c1-29(2,3)38-28(35)33-13-10-20(11-14-33)16-21-19-40-27(31-21)32-26-24(37-22-8-6-5-7-9-22)17-23(18-30-26)39-15-12-25(34)36-4/h5-9,17-20H,10-16H2,1-4H3,(H,30,31,32). The molecule has 0 aliphatic carbocycles. The molecule has 0 saturated carbocycles. The highest BCUT2D eigenvalue weighted by atomic mass is 32.2. The number of pyridine rings is 1. The largest absolute Gasteiger partial charge is 0.469 e. The van der Waals surface area contributed by atoms with E-state index in [0.717, 1.165) is 35.0 Å². The lowest BCUT2D eigenvalue weighted by Gasteiger charge is -2.33. The maximum Gasteiger partial charge on any atom is 0.410 e. The summed E-state index contributed by atoms with van der Waals surface area (Å²) in [4.78, 5) is 35.9. The Balaban J connectivity index is 1.37. The van der Waals surface area contributed by atoms with E-state index < -0.39 is 5.60 Å². The van der Waals surface area contributed by atoms with Crippen molar-refractivity contribution in [3.05, 3.63) is 53.7 Å². The number of likely N-dealkylation sites (tertiary alicyclic amines) is 1. The smallest absolute Gasteiger partial charge is 0.410 e. The summed E-state index contributed by atoms with van der Waals surface area (Å²) in [5, 5.41) is 6.12. The average Bonchev–Trinajstić information content (AvgIpc) is 3.36. The Morgan fingerprint density at radius 3 is 2.62 bits per heavy atom. The molecule has 0 atom stereocenters. The van der Waals surface area contributed by atoms with E-state index in [2.05, 4.69) is 15.7 Å². The normalized spacial score (nSPS) is 14.1. The molecule has 3 heterocycles. The monoisotopic (exact) mass is 584 g/mol. The highest BCUT2D eigenvalue weighted by Gasteiger charge is 2.27. The van der Waals surface area contributed by atoms with Gasteiger partial charge in [-0.1, -0.05) is 18.2 Å². The molecule has 0 spiro atoms. The molecule has 1 N–H and O–H groups in total. The van der Waals surface area contributed by atoms with Crippen LogP contribution in [0.25, 0.3) is 0 Å². The molecule has 9 nitrogen and oxygen atoms in total. The fourth-order valence-electron chi connectivity index (χ4n) is 4.15. The number of esters is 1. The van der Waals surface area contributed by atoms with Crippen LogP contribution in [0.15, 0.2) is 52.9 Å². The van der Waals surface area contributed by atoms with Gasteiger partial charge in [0.1, 0.15) is 11.4 Å². The highest BCUT2D eigenvalue weighted by Crippen LogP contribution is 2.35. The Hall–Kier alpha value is -3.31. The van der Waals surface area contributed by atoms with Crippen molar-refractivity contribution < 1.29 is 23.8 Å². The number of rotatable bonds is 10. The molecule has 0 radical (unpaired) electrons. The molecule has 4 rings (SSSR count). The number of carbonyl (C=O) groups is 2. The third kappa shape index (κ3) is 9.12. The number of benzene rings is 1. The zero-order valence-electron chi connectivity index (χ0n) is 23.3. The van der Waals surface area contributed by atoms with Crippen LogP contribution in [0.3, 0.4) is 0 Å². The van der Waals surface area contributed by atoms with Crippen LogP contribution < -0.4 is 10.1 Å². The SMILES string of the molecule is COC(=O)CCSc1cnc(Nc2nc(CC3CCN(C(=O)OC(C)(C)C)CC3)cs2)c(Oc2ccccc2)c1. The summed E-state index contributed by atoms with van der Waals surface area (Å²) in [5.74, 6) is 2.63. The molecular weight excluding hydrogens is 548 g/mol. The number of carbonyl (C=O) groups excluding carboxylic acids is 2. The lowest BCUT2D eigenvalue weighted by atomic mass is 9.93. The van der Waals surface area contributed by atoms with Gasteiger partial charge in [0.15, 0.2) is 16.7 Å². The first-order valence-corrected chi connectivity index (χ1v) is 15.2. The molecule has 0 bridgehead atoms. The van der Waals surface area contributed by atoms with Gasteiger partial charge >= 0.3 is 12.1 Å². The molecule has 1 aliphatic heterocycles. The number of para-hydroxylation sites is 1. The number of thiazole rings is 1. The number of hydrogen-bond donors (Lipinski definition) is 1. The van der Waals surface area contributed by atoms with Crippen molar-refractivity contribution in [2.45, 2.75) is 57.0 Å². The minimum absolute atomic E-state index is 0.236. The van der Waals surface area contributed by atoms with Crippen molar-refractivity contribution in [2.75, 3.05) is 31.3 Å². The Labute approximate surface area is 243 Å². The number of methoxy groups -OCH3 is 1. The van der Waals surface area contributed by atoms with Crippen LogP contribution in [0.1, 0.15) is 45.7 Å². The summed E-state index contributed by atoms with van der Waals surface area (Å²) >= 11 is 3.04. The second kappa shape index (κ2) is 13.8. The number of nitrogens with one attached hydrogen (secondary N) is 1. The van der Waals surface area contributed by atoms with E-state index >= 15 is 0 Å². The van der Waals surface area contributed by atoms with E-state index in [9.17, 15) is 9.59 Å². The van der Waals surface area contributed by atoms with E-state index in [1.807, 2.05) is 57.2 Å². The fourth-order valence-corrected chi connectivity index (χ4v) is 5.69. The minimum atomic E-state index is -0.484. The van der Waals surface area contributed by atoms with E-state index in [0.29, 0.717) is 48.5 Å². The first-order valence-electron chi connectivity index (χ1n) is 13.3. The molecule has 2 aromatic heterocycles. The fraction of sp³-hybridized carbons (Fsp3) is 0.448. The summed E-state index contributed by atoms with van der Waals surface area (Å²) in [6, 6.07) is 11.4. The van der Waals surface area contributed by atoms with Gasteiger partial charge in [-0.15, -0.1) is 23.1 Å². The van der Waals surface area contributed by atoms with E-state index in [1.54, 1.807) is 11.1 Å². The highest BCUT2D eigenvalue weighted by molar-refractivity contribution is 7.99. The molecule has 1 fully saturated rings. The third-order valence-electron chi connectivity index (χ3n) is 6.14. The van der Waals surface area contributed by atoms with Gasteiger partial charge < -0.3 is 24.4 Å². The van der Waals surface area contributed by atoms with Gasteiger partial charge in [-0.3, -0.25) is 4.79 Å². The second-order valence-corrected chi connectivity index (χ2v) is 12.5. The summed E-state index contributed by atoms with van der Waals surface area (Å²) in [7, 11) is 1.39. The van der Waals surface area contributed by atoms with Crippen LogP contribution in [0.5, 0.6) is 11.5 Å². The van der Waals surface area contributed by atoms with Crippen molar-refractivity contribution >= 4 is 46.1 Å². The van der Waals surface area contributed by atoms with Crippen LogP contribution in [-0.2, 0) is 20.7 Å². The van der Waals surface area contributed by atoms with Crippen LogP contribution in [0, 0.1) is 5.92 Å². The third-order valence-corrected chi connectivity index (χ3v) is 7.91. The van der Waals surface area contributed by atoms with E-state index in [4.69, 9.17) is 19.2 Å². The van der Waals surface area contributed by atoms with Crippen molar-refractivity contribution in [3.8, 4) is 11.5 Å². The first-order chi connectivity index (χ1) is 19.2. The van der Waals surface area contributed by atoms with Gasteiger partial charge in [0, 0.05) is 35.3 Å². The number of amides is 1. The molecule has 1 aromatic carbocycles. The van der Waals surface area contributed by atoms with Crippen molar-refractivity contribution in [1.29, 1.82) is 0 Å². The van der Waals surface area contributed by atoms with Crippen LogP contribution in [-0.4, -0.2) is 58.5 Å². The number of thioether (sulfide) groups is 1. The van der Waals surface area contributed by atoms with Crippen LogP contribution in [0.4, 0.5) is 15.7 Å². The van der Waals surface area contributed by atoms with E-state index in [-0.39, 0.29) is 12.1 Å². The van der Waals surface area contributed by atoms with Crippen LogP contribution in [0.2, 0.25) is 0 Å². The lowest BCUT2D eigenvalue weighted by Crippen LogP contribution is -2.42. The maximum atomic E-state index is 12.4. The Morgan fingerprint density at radius 2 is 1.93 bits per heavy atom. The zero-order valence-corrected chi connectivity index (χ0v) is 25.0. The van der Waals surface area contributed by atoms with Crippen molar-refractivity contribution in [2.24, 2.45) is 5.92 Å². The molecular formula is C29H36N4O5S2. The van der Waals surface area contributed by atoms with Gasteiger partial charge in [-0.25, -0.2) is 14.8 Å². The maximum absolute atomic E-state index is 12.4. The molecule has 214 valence electrons. The van der Waals surface area contributed by atoms with E-state index in [1.165, 1.54) is 30.2 Å². The number of aromatic nitrogens is 2. The zero-order chi connectivity index (χ0) is 28.5. The van der Waals surface area contributed by atoms with Gasteiger partial charge in [0.05, 0.1) is 19.2 Å². The van der Waals surface area contributed by atoms with Gasteiger partial charge in [-0.2, -0.15) is 0 Å². The van der Waals surface area contributed by atoms with Crippen molar-refractivity contribution in [1.82, 2.24) is 14.9 Å². The summed E-state index contributed by atoms with van der Waals surface area (Å²) in [6.45, 7) is 7.06. The second-order valence-electron chi connectivity index (χ2n) is 10.5. The molecule has 11 heteroatoms. The molecule has 1 aliphatic rings. The quantitative estimate of drug-likeness (QED) is 0.201. The number of anilines is 2. The summed E-state index contributed by atoms with van der Waals surface area (Å²) < 4.78 is 16.4. The molecule has 3 aromatic rings. The number of hydrogen-bond acceptors (Lipinski definition) is 10. The molecule has 0 unspecified atom stereocenters. The summed E-state index contributed by atoms with van der Waals surface area (Å²) in [5.41, 5.74) is 0.534. The first kappa shape index (κ1) is 29.7. The average molecular weight is 585 g/mol. The number of piperidine rings is 1. The Morgan fingerprint density at radius 1 is 1.18 bits per heavy atom. The minimum Gasteiger partial charge on any atom is -0.469 e.